The molecule has 0 aromatic heterocycles. The van der Waals surface area contributed by atoms with Crippen molar-refractivity contribution in [2.75, 3.05) is 6.54 Å². The molecule has 11 aliphatic rings. The maximum Gasteiger partial charge on any atom is 0.163 e. The van der Waals surface area contributed by atoms with Crippen LogP contribution in [-0.2, 0) is 0 Å². The number of rotatable bonds is 6. The van der Waals surface area contributed by atoms with Crippen LogP contribution in [-0.4, -0.2) is 46.9 Å². The lowest BCUT2D eigenvalue weighted by atomic mass is 9.58. The number of likely N-dealkylation sites (tertiary alicyclic amines) is 1. The summed E-state index contributed by atoms with van der Waals surface area (Å²) >= 11 is 0. The number of hydrogen-bond acceptors (Lipinski definition) is 6. The van der Waals surface area contributed by atoms with Gasteiger partial charge in [0.2, 0.25) is 0 Å². The number of fused-ring (bicyclic) bond motifs is 5. The van der Waals surface area contributed by atoms with Gasteiger partial charge in [-0.25, -0.2) is 4.90 Å². The molecular formula is C54H70N7+. The lowest BCUT2D eigenvalue weighted by Crippen LogP contribution is -3.03. The van der Waals surface area contributed by atoms with Crippen molar-refractivity contribution in [3.8, 4) is 18.2 Å². The van der Waals surface area contributed by atoms with Crippen molar-refractivity contribution < 1.29 is 5.32 Å². The van der Waals surface area contributed by atoms with Crippen LogP contribution in [0.4, 0.5) is 0 Å². The summed E-state index contributed by atoms with van der Waals surface area (Å²) in [7, 11) is 0. The van der Waals surface area contributed by atoms with Gasteiger partial charge in [0.15, 0.2) is 6.17 Å². The number of nitrogens with one attached hydrogen (secondary N) is 1. The molecule has 3 saturated heterocycles. The normalized spacial score (nSPS) is 45.5. The van der Waals surface area contributed by atoms with Crippen LogP contribution >= 0.6 is 0 Å². The number of quaternary nitrogens is 1. The molecule has 4 aliphatic heterocycles. The molecule has 15 atom stereocenters. The molecule has 0 aromatic carbocycles. The van der Waals surface area contributed by atoms with E-state index in [1.165, 1.54) is 101 Å². The van der Waals surface area contributed by atoms with Gasteiger partial charge in [-0.15, -0.1) is 0 Å². The average molecular weight is 817 g/mol. The number of hydrogen-bond donors (Lipinski definition) is 2. The molecule has 0 aromatic rings. The van der Waals surface area contributed by atoms with E-state index in [2.05, 4.69) is 99.4 Å². The van der Waals surface area contributed by atoms with Crippen molar-refractivity contribution in [1.82, 2.24) is 15.1 Å². The largest absolute Gasteiger partial charge is 0.319 e. The summed E-state index contributed by atoms with van der Waals surface area (Å²) in [6.07, 6.45) is 48.6. The van der Waals surface area contributed by atoms with E-state index in [0.29, 0.717) is 60.2 Å². The van der Waals surface area contributed by atoms with Crippen molar-refractivity contribution in [3.05, 3.63) is 83.2 Å². The Morgan fingerprint density at radius 2 is 1.57 bits per heavy atom. The predicted octanol–water partition coefficient (Wildman–Crippen LogP) is 9.32. The smallest absolute Gasteiger partial charge is 0.163 e. The third-order valence-corrected chi connectivity index (χ3v) is 18.9. The van der Waals surface area contributed by atoms with Crippen LogP contribution in [0.15, 0.2) is 83.2 Å². The molecule has 11 rings (SSSR count). The van der Waals surface area contributed by atoms with Crippen molar-refractivity contribution in [1.29, 1.82) is 15.8 Å². The quantitative estimate of drug-likeness (QED) is 0.259. The Kier molecular flexibility index (Phi) is 11.3. The summed E-state index contributed by atoms with van der Waals surface area (Å²) in [6, 6.07) is 8.63. The number of nitriles is 3. The van der Waals surface area contributed by atoms with Gasteiger partial charge in [-0.05, 0) is 168 Å². The zero-order valence-corrected chi connectivity index (χ0v) is 36.5. The van der Waals surface area contributed by atoms with Crippen molar-refractivity contribution in [2.45, 2.75) is 153 Å². The zero-order valence-electron chi connectivity index (χ0n) is 36.5. The molecule has 0 amide bonds. The fraction of sp³-hybridized carbons (Fsp3) is 0.685. The van der Waals surface area contributed by atoms with Gasteiger partial charge in [0.1, 0.15) is 6.17 Å². The van der Waals surface area contributed by atoms with Crippen LogP contribution in [0, 0.1) is 105 Å². The lowest BCUT2D eigenvalue weighted by molar-refractivity contribution is -0.768. The van der Waals surface area contributed by atoms with E-state index >= 15 is 0 Å². The fourth-order valence-electron chi connectivity index (χ4n) is 16.4. The molecule has 0 spiro atoms. The van der Waals surface area contributed by atoms with E-state index < -0.39 is 0 Å². The first kappa shape index (κ1) is 40.1. The highest BCUT2D eigenvalue weighted by Gasteiger charge is 2.57. The monoisotopic (exact) mass is 817 g/mol. The van der Waals surface area contributed by atoms with E-state index in [9.17, 15) is 15.8 Å². The minimum atomic E-state index is -0.0809. The first-order valence-electron chi connectivity index (χ1n) is 25.3. The molecule has 15 unspecified atom stereocenters. The molecule has 0 bridgehead atoms. The molecule has 7 heteroatoms. The second-order valence-corrected chi connectivity index (χ2v) is 21.5. The van der Waals surface area contributed by atoms with E-state index in [-0.39, 0.29) is 17.8 Å². The lowest BCUT2D eigenvalue weighted by Gasteiger charge is -2.51. The molecule has 7 nitrogen and oxygen atoms in total. The number of nitrogens with zero attached hydrogens (tertiary/aromatic N) is 5. The van der Waals surface area contributed by atoms with Gasteiger partial charge in [-0.3, -0.25) is 0 Å². The zero-order chi connectivity index (χ0) is 41.0. The van der Waals surface area contributed by atoms with Crippen molar-refractivity contribution in [3.63, 3.8) is 0 Å². The second kappa shape index (κ2) is 17.1. The Morgan fingerprint density at radius 3 is 2.43 bits per heavy atom. The van der Waals surface area contributed by atoms with Gasteiger partial charge in [0.25, 0.3) is 0 Å². The topological polar surface area (TPSA) is 106 Å². The molecule has 0 radical (unpaired) electrons. The van der Waals surface area contributed by atoms with E-state index in [0.717, 1.165) is 67.9 Å². The molecule has 320 valence electrons. The van der Waals surface area contributed by atoms with Crippen LogP contribution in [0.2, 0.25) is 0 Å². The van der Waals surface area contributed by atoms with Gasteiger partial charge in [0, 0.05) is 48.0 Å². The van der Waals surface area contributed by atoms with Crippen LogP contribution in [0.3, 0.4) is 0 Å². The summed E-state index contributed by atoms with van der Waals surface area (Å²) < 4.78 is 0. The van der Waals surface area contributed by atoms with E-state index in [1.54, 1.807) is 5.57 Å². The summed E-state index contributed by atoms with van der Waals surface area (Å²) in [5.74, 6) is 6.62. The molecule has 61 heavy (non-hydrogen) atoms. The number of piperidine rings is 1. The average Bonchev–Trinajstić information content (AvgIpc) is 4.02. The minimum absolute atomic E-state index is 0.0809. The maximum atomic E-state index is 10.1. The molecule has 4 heterocycles. The molecule has 5 fully saturated rings. The minimum Gasteiger partial charge on any atom is -0.319 e. The second-order valence-electron chi connectivity index (χ2n) is 21.5. The SMILES string of the molecule is N#CC1=CC2C3=C(C=CC(C#N)C3)N(C3CC(C4CCCCC4C4CC=CC=C4C4CCC=CC4C4CCC(C#N)CC4)CC(N4C5C=CCCC5C5CCNC54)[NH2+]3)C2CC1. The predicted molar refractivity (Wildman–Crippen MR) is 239 cm³/mol. The van der Waals surface area contributed by atoms with Gasteiger partial charge < -0.3 is 15.5 Å². The summed E-state index contributed by atoms with van der Waals surface area (Å²) in [6.45, 7) is 1.15. The highest BCUT2D eigenvalue weighted by Crippen LogP contribution is 2.54. The Balaban J connectivity index is 0.937. The Morgan fingerprint density at radius 1 is 0.738 bits per heavy atom. The van der Waals surface area contributed by atoms with Crippen LogP contribution in [0.1, 0.15) is 122 Å². The summed E-state index contributed by atoms with van der Waals surface area (Å²) in [5, 5.41) is 36.9. The van der Waals surface area contributed by atoms with Gasteiger partial charge in [-0.2, -0.15) is 15.8 Å². The van der Waals surface area contributed by atoms with Crippen LogP contribution in [0.25, 0.3) is 0 Å². The van der Waals surface area contributed by atoms with Gasteiger partial charge in [-0.1, -0.05) is 73.1 Å². The first-order chi connectivity index (χ1) is 30.1. The Labute approximate surface area is 366 Å². The molecule has 2 saturated carbocycles. The van der Waals surface area contributed by atoms with Gasteiger partial charge in [0.05, 0.1) is 30.3 Å². The van der Waals surface area contributed by atoms with Crippen LogP contribution in [0.5, 0.6) is 0 Å². The van der Waals surface area contributed by atoms with E-state index in [1.807, 2.05) is 0 Å². The third-order valence-electron chi connectivity index (χ3n) is 18.9. The standard InChI is InChI=1S/C54H69N7/c55-31-34-17-21-37(22-18-34)39-9-1-3-11-41(39)43-13-5-6-14-44(43)42-12-4-2-10-40(42)38-29-52(59-53(30-38)61-49-16-8-7-15-45(49)46-25-26-58-54(46)61)60-50-23-19-35(32-56)27-47(50)48-28-36(33-57)20-24-51(48)60/h1,5-6,8-9,13,16,19,23,28,34-35,37-42,44-46,48-49,51-54,58-59H,2-4,7,10-12,14-15,17-18,20-22,24-27,29-30H2/p+1. The van der Waals surface area contributed by atoms with E-state index in [4.69, 9.17) is 0 Å². The summed E-state index contributed by atoms with van der Waals surface area (Å²) in [5.41, 5.74) is 5.53. The Bertz CT molecular complexity index is 2020. The van der Waals surface area contributed by atoms with Crippen molar-refractivity contribution in [2.24, 2.45) is 71.0 Å². The molecular weight excluding hydrogens is 747 g/mol. The summed E-state index contributed by atoms with van der Waals surface area (Å²) in [4.78, 5) is 5.90. The number of allylic oxidation sites excluding steroid dienone is 10. The maximum absolute atomic E-state index is 10.1. The fourth-order valence-corrected chi connectivity index (χ4v) is 16.4. The highest BCUT2D eigenvalue weighted by atomic mass is 15.4. The van der Waals surface area contributed by atoms with Gasteiger partial charge >= 0.3 is 0 Å². The molecule has 3 N–H and O–H groups in total. The van der Waals surface area contributed by atoms with Crippen molar-refractivity contribution >= 4 is 0 Å². The first-order valence-corrected chi connectivity index (χ1v) is 25.3. The Hall–Kier alpha value is -3.67. The number of nitrogens with two attached hydrogens (primary N) is 1. The third kappa shape index (κ3) is 7.17. The highest BCUT2D eigenvalue weighted by molar-refractivity contribution is 5.44. The molecule has 7 aliphatic carbocycles. The van der Waals surface area contributed by atoms with Crippen LogP contribution < -0.4 is 10.6 Å².